The summed E-state index contributed by atoms with van der Waals surface area (Å²) in [6.45, 7) is 4.10. The van der Waals surface area contributed by atoms with Crippen molar-refractivity contribution in [3.05, 3.63) is 51.3 Å². The smallest absolute Gasteiger partial charge is 0.175 e. The number of H-pyrrole nitrogens is 1. The fourth-order valence-corrected chi connectivity index (χ4v) is 3.33. The van der Waals surface area contributed by atoms with Crippen LogP contribution in [0.25, 0.3) is 22.7 Å². The average molecular weight is 412 g/mol. The fraction of sp³-hybridized carbons (Fsp3) is 0.200. The van der Waals surface area contributed by atoms with E-state index in [0.29, 0.717) is 22.9 Å². The maximum atomic E-state index is 9.64. The monoisotopic (exact) mass is 411 g/mol. The summed E-state index contributed by atoms with van der Waals surface area (Å²) in [6.07, 6.45) is 1.77. The van der Waals surface area contributed by atoms with Crippen molar-refractivity contribution in [1.29, 1.82) is 5.26 Å². The SMILES string of the molecule is COc1ccc(/C=C(/C#N)c2nc3cc(C)c(C)cc3[nH]2)c(Br)c1OC. The molecule has 0 spiro atoms. The minimum Gasteiger partial charge on any atom is -0.493 e. The summed E-state index contributed by atoms with van der Waals surface area (Å²) in [5.74, 6) is 1.73. The van der Waals surface area contributed by atoms with Gasteiger partial charge in [-0.15, -0.1) is 0 Å². The number of ether oxygens (including phenoxy) is 2. The van der Waals surface area contributed by atoms with Gasteiger partial charge in [-0.1, -0.05) is 0 Å². The zero-order valence-electron chi connectivity index (χ0n) is 15.0. The Kier molecular flexibility index (Phi) is 5.01. The molecule has 0 amide bonds. The lowest BCUT2D eigenvalue weighted by Gasteiger charge is -2.11. The second-order valence-electron chi connectivity index (χ2n) is 5.91. The van der Waals surface area contributed by atoms with E-state index in [1.165, 1.54) is 11.1 Å². The molecule has 0 saturated carbocycles. The van der Waals surface area contributed by atoms with E-state index >= 15 is 0 Å². The van der Waals surface area contributed by atoms with E-state index in [-0.39, 0.29) is 0 Å². The molecular weight excluding hydrogens is 394 g/mol. The Labute approximate surface area is 160 Å². The summed E-state index contributed by atoms with van der Waals surface area (Å²) in [7, 11) is 3.16. The number of imidazole rings is 1. The van der Waals surface area contributed by atoms with Crippen LogP contribution in [-0.4, -0.2) is 24.2 Å². The van der Waals surface area contributed by atoms with Gasteiger partial charge in [-0.3, -0.25) is 0 Å². The van der Waals surface area contributed by atoms with Crippen LogP contribution in [0.15, 0.2) is 28.7 Å². The standard InChI is InChI=1S/C20H18BrN3O2/c1-11-7-15-16(8-12(11)2)24-20(23-15)14(10-22)9-13-5-6-17(25-3)19(26-4)18(13)21/h5-9H,1-4H3,(H,23,24)/b14-9-. The molecule has 1 aromatic heterocycles. The molecule has 0 aliphatic rings. The minimum absolute atomic E-state index is 0.435. The van der Waals surface area contributed by atoms with Gasteiger partial charge in [0, 0.05) is 0 Å². The highest BCUT2D eigenvalue weighted by Crippen LogP contribution is 2.38. The zero-order valence-corrected chi connectivity index (χ0v) is 16.6. The van der Waals surface area contributed by atoms with E-state index in [4.69, 9.17) is 9.47 Å². The third-order valence-electron chi connectivity index (χ3n) is 4.29. The fourth-order valence-electron chi connectivity index (χ4n) is 2.72. The van der Waals surface area contributed by atoms with Gasteiger partial charge in [0.15, 0.2) is 11.5 Å². The molecule has 0 saturated heterocycles. The van der Waals surface area contributed by atoms with E-state index in [1.807, 2.05) is 25.1 Å². The lowest BCUT2D eigenvalue weighted by Crippen LogP contribution is -1.93. The van der Waals surface area contributed by atoms with E-state index in [1.54, 1.807) is 26.4 Å². The number of nitrogens with zero attached hydrogens (tertiary/aromatic N) is 2. The summed E-state index contributed by atoms with van der Waals surface area (Å²) in [5, 5.41) is 9.64. The van der Waals surface area contributed by atoms with Crippen molar-refractivity contribution in [2.75, 3.05) is 14.2 Å². The Hall–Kier alpha value is -2.78. The van der Waals surface area contributed by atoms with E-state index in [2.05, 4.69) is 38.9 Å². The highest BCUT2D eigenvalue weighted by atomic mass is 79.9. The molecule has 0 radical (unpaired) electrons. The number of hydrogen-bond acceptors (Lipinski definition) is 4. The molecule has 132 valence electrons. The molecule has 2 aromatic carbocycles. The Morgan fingerprint density at radius 2 is 1.92 bits per heavy atom. The normalized spacial score (nSPS) is 11.5. The van der Waals surface area contributed by atoms with Crippen LogP contribution in [0.4, 0.5) is 0 Å². The van der Waals surface area contributed by atoms with Crippen molar-refractivity contribution in [3.8, 4) is 17.6 Å². The van der Waals surface area contributed by atoms with Crippen LogP contribution in [0.1, 0.15) is 22.5 Å². The van der Waals surface area contributed by atoms with Crippen LogP contribution in [0, 0.1) is 25.2 Å². The van der Waals surface area contributed by atoms with Gasteiger partial charge in [0.1, 0.15) is 11.9 Å². The van der Waals surface area contributed by atoms with Crippen LogP contribution >= 0.6 is 15.9 Å². The molecule has 1 N–H and O–H groups in total. The molecule has 0 bridgehead atoms. The summed E-state index contributed by atoms with van der Waals surface area (Å²) in [5.41, 5.74) is 5.33. The first kappa shape index (κ1) is 18.0. The van der Waals surface area contributed by atoms with E-state index < -0.39 is 0 Å². The van der Waals surface area contributed by atoms with Gasteiger partial charge in [0.25, 0.3) is 0 Å². The van der Waals surface area contributed by atoms with Crippen molar-refractivity contribution in [2.24, 2.45) is 0 Å². The van der Waals surface area contributed by atoms with Gasteiger partial charge in [-0.05, 0) is 76.8 Å². The number of allylic oxidation sites excluding steroid dienone is 1. The topological polar surface area (TPSA) is 70.9 Å². The second kappa shape index (κ2) is 7.22. The number of methoxy groups -OCH3 is 2. The second-order valence-corrected chi connectivity index (χ2v) is 6.71. The molecule has 26 heavy (non-hydrogen) atoms. The van der Waals surface area contributed by atoms with Crippen molar-refractivity contribution in [1.82, 2.24) is 9.97 Å². The molecule has 5 nitrogen and oxygen atoms in total. The Balaban J connectivity index is 2.11. The van der Waals surface area contributed by atoms with E-state index in [9.17, 15) is 5.26 Å². The molecule has 3 aromatic rings. The summed E-state index contributed by atoms with van der Waals surface area (Å²) in [4.78, 5) is 7.80. The quantitative estimate of drug-likeness (QED) is 0.611. The number of nitriles is 1. The predicted octanol–water partition coefficient (Wildman–Crippen LogP) is 5.02. The maximum absolute atomic E-state index is 9.64. The zero-order chi connectivity index (χ0) is 18.8. The number of hydrogen-bond donors (Lipinski definition) is 1. The number of aromatic amines is 1. The lowest BCUT2D eigenvalue weighted by atomic mass is 10.1. The maximum Gasteiger partial charge on any atom is 0.175 e. The molecule has 1 heterocycles. The van der Waals surface area contributed by atoms with Crippen molar-refractivity contribution in [2.45, 2.75) is 13.8 Å². The van der Waals surface area contributed by atoms with Crippen molar-refractivity contribution in [3.63, 3.8) is 0 Å². The predicted molar refractivity (Wildman–Crippen MR) is 106 cm³/mol. The third kappa shape index (κ3) is 3.18. The van der Waals surface area contributed by atoms with E-state index in [0.717, 1.165) is 21.1 Å². The Morgan fingerprint density at radius 1 is 1.19 bits per heavy atom. The number of halogens is 1. The van der Waals surface area contributed by atoms with Gasteiger partial charge < -0.3 is 14.5 Å². The van der Waals surface area contributed by atoms with Gasteiger partial charge in [0.05, 0.1) is 35.3 Å². The largest absolute Gasteiger partial charge is 0.493 e. The minimum atomic E-state index is 0.435. The first-order valence-electron chi connectivity index (χ1n) is 7.98. The first-order valence-corrected chi connectivity index (χ1v) is 8.77. The van der Waals surface area contributed by atoms with Crippen molar-refractivity contribution >= 4 is 38.6 Å². The molecule has 6 heteroatoms. The lowest BCUT2D eigenvalue weighted by molar-refractivity contribution is 0.353. The number of fused-ring (bicyclic) bond motifs is 1. The number of benzene rings is 2. The Bertz CT molecular complexity index is 1020. The summed E-state index contributed by atoms with van der Waals surface area (Å²) < 4.78 is 11.4. The molecule has 0 unspecified atom stereocenters. The molecule has 0 aliphatic carbocycles. The average Bonchev–Trinajstić information content (AvgIpc) is 3.03. The molecule has 3 rings (SSSR count). The molecule has 0 fully saturated rings. The first-order chi connectivity index (χ1) is 12.5. The van der Waals surface area contributed by atoms with Crippen LogP contribution in [-0.2, 0) is 0 Å². The number of rotatable bonds is 4. The highest BCUT2D eigenvalue weighted by molar-refractivity contribution is 9.10. The van der Waals surface area contributed by atoms with Crippen LogP contribution < -0.4 is 9.47 Å². The molecular formula is C20H18BrN3O2. The number of aryl methyl sites for hydroxylation is 2. The third-order valence-corrected chi connectivity index (χ3v) is 5.11. The summed E-state index contributed by atoms with van der Waals surface area (Å²) >= 11 is 3.53. The summed E-state index contributed by atoms with van der Waals surface area (Å²) in [6, 6.07) is 9.95. The van der Waals surface area contributed by atoms with Crippen LogP contribution in [0.3, 0.4) is 0 Å². The van der Waals surface area contributed by atoms with Gasteiger partial charge in [-0.2, -0.15) is 5.26 Å². The van der Waals surface area contributed by atoms with Crippen LogP contribution in [0.5, 0.6) is 11.5 Å². The van der Waals surface area contributed by atoms with Gasteiger partial charge >= 0.3 is 0 Å². The van der Waals surface area contributed by atoms with Crippen LogP contribution in [0.2, 0.25) is 0 Å². The number of nitrogens with one attached hydrogen (secondary N) is 1. The van der Waals surface area contributed by atoms with Crippen molar-refractivity contribution < 1.29 is 9.47 Å². The van der Waals surface area contributed by atoms with Gasteiger partial charge in [0.2, 0.25) is 0 Å². The Morgan fingerprint density at radius 3 is 2.58 bits per heavy atom. The van der Waals surface area contributed by atoms with Gasteiger partial charge in [-0.25, -0.2) is 4.98 Å². The number of aromatic nitrogens is 2. The highest BCUT2D eigenvalue weighted by Gasteiger charge is 2.14. The molecule has 0 atom stereocenters. The molecule has 0 aliphatic heterocycles.